The van der Waals surface area contributed by atoms with E-state index in [2.05, 4.69) is 9.47 Å². The molecule has 0 heterocycles. The molecule has 0 fully saturated rings. The summed E-state index contributed by atoms with van der Waals surface area (Å²) in [6, 6.07) is 0. The van der Waals surface area contributed by atoms with Crippen molar-refractivity contribution >= 4 is 23.9 Å². The molecule has 0 aromatic heterocycles. The van der Waals surface area contributed by atoms with Gasteiger partial charge in [-0.15, -0.1) is 0 Å². The van der Waals surface area contributed by atoms with Crippen LogP contribution in [-0.2, 0) is 28.7 Å². The molecule has 0 aliphatic heterocycles. The molecule has 0 saturated heterocycles. The molecule has 6 N–H and O–H groups in total. The molecule has 2 unspecified atom stereocenters. The van der Waals surface area contributed by atoms with Gasteiger partial charge in [0.15, 0.2) is 0 Å². The van der Waals surface area contributed by atoms with Crippen LogP contribution in [0.3, 0.4) is 0 Å². The average Bonchev–Trinajstić information content (AvgIpc) is 2.49. The number of hydrogen-bond acceptors (Lipinski definition) is 10. The van der Waals surface area contributed by atoms with E-state index in [-0.39, 0.29) is 0 Å². The van der Waals surface area contributed by atoms with Crippen LogP contribution in [0.5, 0.6) is 0 Å². The van der Waals surface area contributed by atoms with Gasteiger partial charge in [-0.3, -0.25) is 9.59 Å². The monoisotopic (exact) mass is 352 g/mol. The number of carbonyl (C=O) groups excluding carboxylic acids is 2. The summed E-state index contributed by atoms with van der Waals surface area (Å²) in [6.45, 7) is -2.07. The Kier molecular flexibility index (Phi) is 9.19. The van der Waals surface area contributed by atoms with Crippen molar-refractivity contribution < 1.29 is 59.3 Å². The third-order valence-corrected chi connectivity index (χ3v) is 2.31. The van der Waals surface area contributed by atoms with E-state index in [1.807, 2.05) is 0 Å². The first-order chi connectivity index (χ1) is 11.1. The molecular formula is C12H16O12. The van der Waals surface area contributed by atoms with Gasteiger partial charge in [0.25, 0.3) is 0 Å². The van der Waals surface area contributed by atoms with E-state index in [1.165, 1.54) is 0 Å². The molecule has 12 heteroatoms. The predicted octanol–water partition coefficient (Wildman–Crippen LogP) is -3.06. The topological polar surface area (TPSA) is 208 Å². The maximum Gasteiger partial charge on any atom is 0.337 e. The molecule has 0 aromatic rings. The number of carbonyl (C=O) groups is 4. The zero-order valence-electron chi connectivity index (χ0n) is 12.1. The van der Waals surface area contributed by atoms with Crippen molar-refractivity contribution in [2.45, 2.75) is 25.4 Å². The highest BCUT2D eigenvalue weighted by molar-refractivity contribution is 6.05. The Balaban J connectivity index is 5.84. The molecule has 24 heavy (non-hydrogen) atoms. The molecule has 0 aromatic carbocycles. The van der Waals surface area contributed by atoms with Crippen LogP contribution in [0, 0.1) is 0 Å². The maximum atomic E-state index is 11.8. The standard InChI is InChI=1S/C12H16O12/c13-3-9(19)23-11(21)5(1-7(15)16)6(2-8(17)18)12(22)24-10(20)4-14/h9-10,13-14,19-20H,1-4H2,(H,15,16)(H,17,18). The number of hydrogen-bond donors (Lipinski definition) is 6. The second-order valence-corrected chi connectivity index (χ2v) is 4.18. The van der Waals surface area contributed by atoms with Crippen molar-refractivity contribution in [3.05, 3.63) is 11.1 Å². The van der Waals surface area contributed by atoms with Crippen molar-refractivity contribution in [2.24, 2.45) is 0 Å². The summed E-state index contributed by atoms with van der Waals surface area (Å²) >= 11 is 0. The fourth-order valence-electron chi connectivity index (χ4n) is 1.37. The first-order valence-corrected chi connectivity index (χ1v) is 6.27. The van der Waals surface area contributed by atoms with Crippen molar-refractivity contribution in [1.29, 1.82) is 0 Å². The summed E-state index contributed by atoms with van der Waals surface area (Å²) in [5.41, 5.74) is -1.93. The highest BCUT2D eigenvalue weighted by atomic mass is 16.7. The quantitative estimate of drug-likeness (QED) is 0.131. The highest BCUT2D eigenvalue weighted by Gasteiger charge is 2.29. The lowest BCUT2D eigenvalue weighted by Crippen LogP contribution is -2.28. The van der Waals surface area contributed by atoms with Gasteiger partial charge in [0.2, 0.25) is 12.6 Å². The minimum Gasteiger partial charge on any atom is -0.481 e. The Labute approximate surface area is 134 Å². The van der Waals surface area contributed by atoms with Crippen molar-refractivity contribution in [3.63, 3.8) is 0 Å². The molecule has 0 aliphatic rings. The number of aliphatic hydroxyl groups is 4. The van der Waals surface area contributed by atoms with E-state index in [9.17, 15) is 19.2 Å². The first kappa shape index (κ1) is 21.5. The van der Waals surface area contributed by atoms with Gasteiger partial charge >= 0.3 is 23.9 Å². The van der Waals surface area contributed by atoms with Crippen LogP contribution in [0.1, 0.15) is 12.8 Å². The Bertz CT molecular complexity index is 476. The number of carboxylic acid groups (broad SMARTS) is 2. The summed E-state index contributed by atoms with van der Waals surface area (Å²) in [4.78, 5) is 45.2. The normalized spacial score (nSPS) is 14.2. The van der Waals surface area contributed by atoms with E-state index in [0.29, 0.717) is 0 Å². The summed E-state index contributed by atoms with van der Waals surface area (Å²) < 4.78 is 8.48. The second-order valence-electron chi connectivity index (χ2n) is 4.18. The van der Waals surface area contributed by atoms with Crippen molar-refractivity contribution in [2.75, 3.05) is 13.2 Å². The average molecular weight is 352 g/mol. The van der Waals surface area contributed by atoms with Gasteiger partial charge in [0.1, 0.15) is 13.2 Å². The molecule has 0 rings (SSSR count). The van der Waals surface area contributed by atoms with Gasteiger partial charge in [0, 0.05) is 0 Å². The zero-order valence-corrected chi connectivity index (χ0v) is 12.1. The Morgan fingerprint density at radius 3 is 1.21 bits per heavy atom. The first-order valence-electron chi connectivity index (χ1n) is 6.27. The lowest BCUT2D eigenvalue weighted by Gasteiger charge is -2.15. The number of aliphatic carboxylic acids is 2. The summed E-state index contributed by atoms with van der Waals surface area (Å²) in [5.74, 6) is -6.44. The van der Waals surface area contributed by atoms with E-state index in [1.54, 1.807) is 0 Å². The Morgan fingerprint density at radius 2 is 1.00 bits per heavy atom. The van der Waals surface area contributed by atoms with Crippen LogP contribution in [0.15, 0.2) is 11.1 Å². The lowest BCUT2D eigenvalue weighted by molar-refractivity contribution is -0.173. The van der Waals surface area contributed by atoms with E-state index in [4.69, 9.17) is 30.6 Å². The molecule has 0 spiro atoms. The fourth-order valence-corrected chi connectivity index (χ4v) is 1.37. The Morgan fingerprint density at radius 1 is 0.708 bits per heavy atom. The number of aliphatic hydroxyl groups excluding tert-OH is 4. The molecule has 2 atom stereocenters. The summed E-state index contributed by atoms with van der Waals surface area (Å²) in [5, 5.41) is 52.8. The van der Waals surface area contributed by atoms with Crippen LogP contribution < -0.4 is 0 Å². The zero-order chi connectivity index (χ0) is 18.9. The van der Waals surface area contributed by atoms with Gasteiger partial charge in [-0.25, -0.2) is 9.59 Å². The molecule has 0 aliphatic carbocycles. The number of rotatable bonds is 10. The van der Waals surface area contributed by atoms with Crippen LogP contribution in [-0.4, -0.2) is 80.3 Å². The number of ether oxygens (including phenoxy) is 2. The summed E-state index contributed by atoms with van der Waals surface area (Å²) in [7, 11) is 0. The minimum atomic E-state index is -2.04. The van der Waals surface area contributed by atoms with Crippen LogP contribution >= 0.6 is 0 Å². The van der Waals surface area contributed by atoms with Crippen molar-refractivity contribution in [3.8, 4) is 0 Å². The largest absolute Gasteiger partial charge is 0.481 e. The van der Waals surface area contributed by atoms with Gasteiger partial charge in [0.05, 0.1) is 24.0 Å². The van der Waals surface area contributed by atoms with Gasteiger partial charge in [-0.2, -0.15) is 0 Å². The smallest absolute Gasteiger partial charge is 0.337 e. The van der Waals surface area contributed by atoms with Crippen LogP contribution in [0.25, 0.3) is 0 Å². The molecule has 0 saturated carbocycles. The minimum absolute atomic E-state index is 0.965. The second kappa shape index (κ2) is 10.3. The maximum absolute atomic E-state index is 11.8. The summed E-state index contributed by atoms with van der Waals surface area (Å²) in [6.07, 6.45) is -6.40. The van der Waals surface area contributed by atoms with Gasteiger partial charge in [-0.05, 0) is 0 Å². The third-order valence-electron chi connectivity index (χ3n) is 2.31. The number of carboxylic acids is 2. The van der Waals surface area contributed by atoms with E-state index in [0.717, 1.165) is 0 Å². The third kappa shape index (κ3) is 7.64. The van der Waals surface area contributed by atoms with E-state index < -0.39 is 73.7 Å². The molecule has 0 radical (unpaired) electrons. The van der Waals surface area contributed by atoms with Crippen molar-refractivity contribution in [1.82, 2.24) is 0 Å². The molecule has 12 nitrogen and oxygen atoms in total. The lowest BCUT2D eigenvalue weighted by atomic mass is 10.0. The predicted molar refractivity (Wildman–Crippen MR) is 69.9 cm³/mol. The molecular weight excluding hydrogens is 336 g/mol. The van der Waals surface area contributed by atoms with Crippen LogP contribution in [0.4, 0.5) is 0 Å². The fraction of sp³-hybridized carbons (Fsp3) is 0.500. The molecule has 0 amide bonds. The van der Waals surface area contributed by atoms with Crippen LogP contribution in [0.2, 0.25) is 0 Å². The molecule has 0 bridgehead atoms. The van der Waals surface area contributed by atoms with E-state index >= 15 is 0 Å². The highest BCUT2D eigenvalue weighted by Crippen LogP contribution is 2.18. The Hall–Kier alpha value is -2.54. The molecule has 136 valence electrons. The number of esters is 2. The van der Waals surface area contributed by atoms with Gasteiger partial charge in [-0.1, -0.05) is 0 Å². The van der Waals surface area contributed by atoms with Gasteiger partial charge < -0.3 is 40.1 Å². The SMILES string of the molecule is O=C(O)CC(C(=O)OC(O)CO)=C(CC(=O)O)C(=O)OC(O)CO.